The van der Waals surface area contributed by atoms with Gasteiger partial charge in [-0.2, -0.15) is 0 Å². The Labute approximate surface area is 200 Å². The molecule has 1 fully saturated rings. The Kier molecular flexibility index (Phi) is 11.9. The van der Waals surface area contributed by atoms with Crippen LogP contribution >= 0.6 is 24.0 Å². The van der Waals surface area contributed by atoms with E-state index in [0.29, 0.717) is 36.6 Å². The minimum absolute atomic E-state index is 0. The van der Waals surface area contributed by atoms with Gasteiger partial charge in [-0.05, 0) is 26.0 Å². The Balaban J connectivity index is 0.00000480. The third kappa shape index (κ3) is 9.82. The number of hydrogen-bond acceptors (Lipinski definition) is 4. The van der Waals surface area contributed by atoms with Crippen molar-refractivity contribution in [1.29, 1.82) is 0 Å². The molecule has 2 N–H and O–H groups in total. The minimum Gasteiger partial charge on any atom is -0.405 e. The van der Waals surface area contributed by atoms with Gasteiger partial charge < -0.3 is 20.3 Å². The van der Waals surface area contributed by atoms with E-state index in [9.17, 15) is 13.2 Å². The van der Waals surface area contributed by atoms with Crippen LogP contribution in [0, 0.1) is 5.92 Å². The smallest absolute Gasteiger partial charge is 0.405 e. The van der Waals surface area contributed by atoms with Crippen LogP contribution in [0.5, 0.6) is 5.75 Å². The largest absolute Gasteiger partial charge is 0.573 e. The van der Waals surface area contributed by atoms with E-state index in [2.05, 4.69) is 51.1 Å². The van der Waals surface area contributed by atoms with E-state index in [4.69, 9.17) is 0 Å². The zero-order chi connectivity index (χ0) is 22.1. The number of para-hydroxylation sites is 1. The molecule has 6 nitrogen and oxygen atoms in total. The first-order chi connectivity index (χ1) is 14.2. The number of benzene rings is 1. The molecule has 0 aliphatic carbocycles. The lowest BCUT2D eigenvalue weighted by Gasteiger charge is -2.40. The topological polar surface area (TPSA) is 52.1 Å². The van der Waals surface area contributed by atoms with Crippen molar-refractivity contribution in [3.05, 3.63) is 29.8 Å². The third-order valence-corrected chi connectivity index (χ3v) is 5.21. The van der Waals surface area contributed by atoms with Gasteiger partial charge in [0.15, 0.2) is 5.96 Å². The molecule has 1 saturated heterocycles. The Morgan fingerprint density at radius 2 is 1.77 bits per heavy atom. The number of halogens is 4. The lowest BCUT2D eigenvalue weighted by atomic mass is 10.0. The molecule has 0 aromatic heterocycles. The summed E-state index contributed by atoms with van der Waals surface area (Å²) in [5.74, 6) is 0.825. The number of likely N-dealkylation sites (N-methyl/N-ethyl adjacent to an activating group) is 1. The molecule has 2 rings (SSSR count). The normalized spacial score (nSPS) is 17.2. The van der Waals surface area contributed by atoms with Crippen molar-refractivity contribution in [2.75, 3.05) is 46.3 Å². The maximum absolute atomic E-state index is 12.6. The maximum Gasteiger partial charge on any atom is 0.573 e. The van der Waals surface area contributed by atoms with Crippen LogP contribution in [0.1, 0.15) is 26.3 Å². The van der Waals surface area contributed by atoms with E-state index >= 15 is 0 Å². The molecule has 0 amide bonds. The van der Waals surface area contributed by atoms with Crippen LogP contribution in [0.4, 0.5) is 13.2 Å². The predicted molar refractivity (Wildman–Crippen MR) is 129 cm³/mol. The summed E-state index contributed by atoms with van der Waals surface area (Å²) in [4.78, 5) is 9.30. The summed E-state index contributed by atoms with van der Waals surface area (Å²) in [5, 5.41) is 6.54. The van der Waals surface area contributed by atoms with Crippen molar-refractivity contribution in [3.63, 3.8) is 0 Å². The van der Waals surface area contributed by atoms with Gasteiger partial charge in [0, 0.05) is 50.9 Å². The lowest BCUT2D eigenvalue weighted by molar-refractivity contribution is -0.274. The van der Waals surface area contributed by atoms with Gasteiger partial charge in [-0.25, -0.2) is 4.99 Å². The van der Waals surface area contributed by atoms with Gasteiger partial charge in [-0.3, -0.25) is 4.90 Å². The summed E-state index contributed by atoms with van der Waals surface area (Å²) >= 11 is 0. The second kappa shape index (κ2) is 13.3. The van der Waals surface area contributed by atoms with Crippen molar-refractivity contribution in [2.24, 2.45) is 10.9 Å². The number of hydrogen-bond donors (Lipinski definition) is 2. The second-order valence-corrected chi connectivity index (χ2v) is 7.88. The van der Waals surface area contributed by atoms with Gasteiger partial charge in [0.25, 0.3) is 0 Å². The fourth-order valence-corrected chi connectivity index (χ4v) is 3.51. The van der Waals surface area contributed by atoms with Crippen LogP contribution < -0.4 is 15.4 Å². The van der Waals surface area contributed by atoms with Crippen LogP contribution in [0.15, 0.2) is 29.3 Å². The number of rotatable bonds is 8. The van der Waals surface area contributed by atoms with Gasteiger partial charge in [0.05, 0.1) is 6.54 Å². The molecule has 0 spiro atoms. The maximum atomic E-state index is 12.6. The Morgan fingerprint density at radius 3 is 2.35 bits per heavy atom. The summed E-state index contributed by atoms with van der Waals surface area (Å²) in [6, 6.07) is 6.44. The van der Waals surface area contributed by atoms with Gasteiger partial charge in [0.2, 0.25) is 0 Å². The van der Waals surface area contributed by atoms with Crippen molar-refractivity contribution in [2.45, 2.75) is 39.7 Å². The van der Waals surface area contributed by atoms with Crippen molar-refractivity contribution < 1.29 is 17.9 Å². The Hall–Kier alpha value is -1.27. The van der Waals surface area contributed by atoms with Crippen molar-refractivity contribution >= 4 is 29.9 Å². The van der Waals surface area contributed by atoms with Crippen LogP contribution in [0.2, 0.25) is 0 Å². The molecule has 31 heavy (non-hydrogen) atoms. The number of aliphatic imine (C=N–C) groups is 1. The lowest BCUT2D eigenvalue weighted by Crippen LogP contribution is -2.55. The third-order valence-electron chi connectivity index (χ3n) is 5.21. The summed E-state index contributed by atoms with van der Waals surface area (Å²) in [6.07, 6.45) is -4.73. The highest BCUT2D eigenvalue weighted by molar-refractivity contribution is 14.0. The van der Waals surface area contributed by atoms with Gasteiger partial charge in [0.1, 0.15) is 5.75 Å². The Bertz CT molecular complexity index is 679. The first-order valence-corrected chi connectivity index (χ1v) is 10.5. The molecule has 1 heterocycles. The minimum atomic E-state index is -4.73. The number of nitrogens with zero attached hydrogens (tertiary/aromatic N) is 3. The zero-order valence-electron chi connectivity index (χ0n) is 18.7. The molecular weight excluding hydrogens is 522 g/mol. The van der Waals surface area contributed by atoms with E-state index in [1.807, 2.05) is 6.92 Å². The van der Waals surface area contributed by atoms with E-state index in [1.165, 1.54) is 12.1 Å². The number of alkyl halides is 3. The number of guanidine groups is 1. The van der Waals surface area contributed by atoms with Crippen molar-refractivity contribution in [3.8, 4) is 5.75 Å². The molecular formula is C21H35F3IN5O. The molecule has 0 bridgehead atoms. The molecule has 178 valence electrons. The second-order valence-electron chi connectivity index (χ2n) is 7.88. The molecule has 1 aliphatic heterocycles. The summed E-state index contributed by atoms with van der Waals surface area (Å²) < 4.78 is 42.0. The predicted octanol–water partition coefficient (Wildman–Crippen LogP) is 3.53. The first kappa shape index (κ1) is 27.8. The summed E-state index contributed by atoms with van der Waals surface area (Å²) in [5.41, 5.74) is 0.381. The molecule has 1 aromatic rings. The standard InChI is InChI=1S/C21H34F3N5O.HI/c1-5-25-20(26-14-17-8-6-7-9-19(17)30-21(22,23)24)27-15-18(16(2)3)29-12-10-28(4)11-13-29;/h6-9,16,18H,5,10-15H2,1-4H3,(H2,25,26,27);1H. The fraction of sp³-hybridized carbons (Fsp3) is 0.667. The van der Waals surface area contributed by atoms with Crippen LogP contribution in [-0.4, -0.2) is 74.5 Å². The van der Waals surface area contributed by atoms with Gasteiger partial charge >= 0.3 is 6.36 Å². The quantitative estimate of drug-likeness (QED) is 0.291. The number of ether oxygens (including phenoxy) is 1. The molecule has 10 heteroatoms. The number of piperazine rings is 1. The van der Waals surface area contributed by atoms with E-state index in [1.54, 1.807) is 12.1 Å². The average Bonchev–Trinajstić information content (AvgIpc) is 2.67. The van der Waals surface area contributed by atoms with Crippen LogP contribution in [0.3, 0.4) is 0 Å². The van der Waals surface area contributed by atoms with E-state index in [-0.39, 0.29) is 36.3 Å². The molecule has 1 atom stereocenters. The molecule has 1 unspecified atom stereocenters. The monoisotopic (exact) mass is 557 g/mol. The van der Waals surface area contributed by atoms with Crippen LogP contribution in [0.25, 0.3) is 0 Å². The fourth-order valence-electron chi connectivity index (χ4n) is 3.51. The van der Waals surface area contributed by atoms with Crippen LogP contribution in [-0.2, 0) is 6.54 Å². The Morgan fingerprint density at radius 1 is 1.13 bits per heavy atom. The molecule has 1 aliphatic rings. The van der Waals surface area contributed by atoms with E-state index < -0.39 is 6.36 Å². The van der Waals surface area contributed by atoms with Crippen molar-refractivity contribution in [1.82, 2.24) is 20.4 Å². The SMILES string of the molecule is CCNC(=NCc1ccccc1OC(F)(F)F)NCC(C(C)C)N1CCN(C)CC1.I. The van der Waals surface area contributed by atoms with E-state index in [0.717, 1.165) is 26.2 Å². The van der Waals surface area contributed by atoms with Gasteiger partial charge in [-0.1, -0.05) is 32.0 Å². The summed E-state index contributed by atoms with van der Waals surface area (Å²) in [6.45, 7) is 12.0. The number of nitrogens with one attached hydrogen (secondary N) is 2. The average molecular weight is 557 g/mol. The molecule has 0 saturated carbocycles. The van der Waals surface area contributed by atoms with Gasteiger partial charge in [-0.15, -0.1) is 37.1 Å². The summed E-state index contributed by atoms with van der Waals surface area (Å²) in [7, 11) is 2.14. The highest BCUT2D eigenvalue weighted by Crippen LogP contribution is 2.26. The zero-order valence-corrected chi connectivity index (χ0v) is 21.0. The highest BCUT2D eigenvalue weighted by Gasteiger charge is 2.32. The highest BCUT2D eigenvalue weighted by atomic mass is 127. The molecule has 1 aromatic carbocycles. The molecule has 0 radical (unpaired) electrons. The first-order valence-electron chi connectivity index (χ1n) is 10.5.